The molecular formula is C14H18FNO5. The molecule has 0 aromatic heterocycles. The first kappa shape index (κ1) is 16.7. The van der Waals surface area contributed by atoms with Crippen LogP contribution >= 0.6 is 0 Å². The average molecular weight is 299 g/mol. The molecule has 0 spiro atoms. The van der Waals surface area contributed by atoms with E-state index in [2.05, 4.69) is 0 Å². The molecular weight excluding hydrogens is 281 g/mol. The number of hydrogen-bond acceptors (Lipinski definition) is 4. The number of hydrogen-bond donors (Lipinski definition) is 1. The van der Waals surface area contributed by atoms with Crippen molar-refractivity contribution in [1.29, 1.82) is 0 Å². The molecule has 1 amide bonds. The molecule has 1 rings (SSSR count). The minimum atomic E-state index is -1.02. The first-order valence-corrected chi connectivity index (χ1v) is 6.37. The highest BCUT2D eigenvalue weighted by molar-refractivity contribution is 5.95. The van der Waals surface area contributed by atoms with Crippen LogP contribution < -0.4 is 9.47 Å². The van der Waals surface area contributed by atoms with Gasteiger partial charge in [0, 0.05) is 19.2 Å². The van der Waals surface area contributed by atoms with Crippen LogP contribution in [0, 0.1) is 5.82 Å². The summed E-state index contributed by atoms with van der Waals surface area (Å²) in [6, 6.07) is 2.32. The molecule has 0 radical (unpaired) electrons. The van der Waals surface area contributed by atoms with Crippen LogP contribution in [-0.2, 0) is 4.79 Å². The number of carbonyl (C=O) groups excluding carboxylic acids is 1. The van der Waals surface area contributed by atoms with Gasteiger partial charge in [-0.3, -0.25) is 9.59 Å². The normalized spacial score (nSPS) is 10.1. The second kappa shape index (κ2) is 7.47. The number of carboxylic acids is 1. The van der Waals surface area contributed by atoms with Crippen molar-refractivity contribution in [3.63, 3.8) is 0 Å². The molecule has 0 unspecified atom stereocenters. The van der Waals surface area contributed by atoms with E-state index >= 15 is 0 Å². The number of amides is 1. The maximum Gasteiger partial charge on any atom is 0.305 e. The molecule has 1 aromatic carbocycles. The van der Waals surface area contributed by atoms with Gasteiger partial charge in [-0.15, -0.1) is 0 Å². The molecule has 0 saturated heterocycles. The molecule has 1 N–H and O–H groups in total. The molecule has 0 aliphatic carbocycles. The van der Waals surface area contributed by atoms with Crippen LogP contribution in [0.5, 0.6) is 11.5 Å². The Kier molecular flexibility index (Phi) is 5.95. The topological polar surface area (TPSA) is 76.1 Å². The Labute approximate surface area is 122 Å². The summed E-state index contributed by atoms with van der Waals surface area (Å²) in [7, 11) is 2.75. The predicted molar refractivity (Wildman–Crippen MR) is 73.3 cm³/mol. The van der Waals surface area contributed by atoms with Gasteiger partial charge in [0.2, 0.25) is 0 Å². The first-order valence-electron chi connectivity index (χ1n) is 6.37. The van der Waals surface area contributed by atoms with E-state index in [0.717, 1.165) is 6.07 Å². The zero-order valence-corrected chi connectivity index (χ0v) is 12.2. The van der Waals surface area contributed by atoms with E-state index in [1.54, 1.807) is 6.92 Å². The number of carboxylic acid groups (broad SMARTS) is 1. The highest BCUT2D eigenvalue weighted by atomic mass is 19.1. The molecule has 21 heavy (non-hydrogen) atoms. The van der Waals surface area contributed by atoms with Gasteiger partial charge in [0.15, 0.2) is 11.5 Å². The predicted octanol–water partition coefficient (Wildman–Crippen LogP) is 1.78. The Morgan fingerprint density at radius 3 is 2.29 bits per heavy atom. The summed E-state index contributed by atoms with van der Waals surface area (Å²) in [5.74, 6) is -1.94. The Morgan fingerprint density at radius 2 is 1.81 bits per heavy atom. The van der Waals surface area contributed by atoms with E-state index in [1.165, 1.54) is 25.2 Å². The van der Waals surface area contributed by atoms with Crippen LogP contribution in [0.3, 0.4) is 0 Å². The third kappa shape index (κ3) is 4.08. The van der Waals surface area contributed by atoms with E-state index in [0.29, 0.717) is 0 Å². The van der Waals surface area contributed by atoms with E-state index < -0.39 is 17.7 Å². The molecule has 0 atom stereocenters. The van der Waals surface area contributed by atoms with Crippen LogP contribution in [0.25, 0.3) is 0 Å². The van der Waals surface area contributed by atoms with Crippen LogP contribution in [0.15, 0.2) is 12.1 Å². The lowest BCUT2D eigenvalue weighted by Gasteiger charge is -2.21. The van der Waals surface area contributed by atoms with E-state index in [-0.39, 0.29) is 36.6 Å². The molecule has 6 nitrogen and oxygen atoms in total. The van der Waals surface area contributed by atoms with Crippen LogP contribution in [0.1, 0.15) is 23.7 Å². The second-order valence-corrected chi connectivity index (χ2v) is 4.22. The lowest BCUT2D eigenvalue weighted by Crippen LogP contribution is -2.33. The van der Waals surface area contributed by atoms with Crippen molar-refractivity contribution in [2.75, 3.05) is 27.3 Å². The summed E-state index contributed by atoms with van der Waals surface area (Å²) in [6.45, 7) is 1.98. The monoisotopic (exact) mass is 299 g/mol. The van der Waals surface area contributed by atoms with Gasteiger partial charge < -0.3 is 19.5 Å². The minimum absolute atomic E-state index is 0.0124. The van der Waals surface area contributed by atoms with E-state index in [4.69, 9.17) is 14.6 Å². The first-order chi connectivity index (χ1) is 9.94. The fourth-order valence-electron chi connectivity index (χ4n) is 1.82. The van der Waals surface area contributed by atoms with Crippen molar-refractivity contribution in [1.82, 2.24) is 4.90 Å². The van der Waals surface area contributed by atoms with Gasteiger partial charge in [-0.1, -0.05) is 0 Å². The van der Waals surface area contributed by atoms with E-state index in [9.17, 15) is 14.0 Å². The lowest BCUT2D eigenvalue weighted by atomic mass is 10.1. The zero-order chi connectivity index (χ0) is 16.0. The molecule has 7 heteroatoms. The standard InChI is InChI=1S/C14H18FNO5/c1-4-16(6-5-13(17)18)14(19)9-7-11(20-2)12(21-3)8-10(9)15/h7-8H,4-6H2,1-3H3,(H,17,18). The number of halogens is 1. The molecule has 0 fully saturated rings. The van der Waals surface area contributed by atoms with Crippen molar-refractivity contribution in [2.24, 2.45) is 0 Å². The third-order valence-corrected chi connectivity index (χ3v) is 2.97. The van der Waals surface area contributed by atoms with Crippen molar-refractivity contribution in [2.45, 2.75) is 13.3 Å². The SMILES string of the molecule is CCN(CCC(=O)O)C(=O)c1cc(OC)c(OC)cc1F. The summed E-state index contributed by atoms with van der Waals surface area (Å²) in [5.41, 5.74) is -0.181. The van der Waals surface area contributed by atoms with Gasteiger partial charge in [0.05, 0.1) is 26.2 Å². The van der Waals surface area contributed by atoms with Crippen molar-refractivity contribution < 1.29 is 28.6 Å². The van der Waals surface area contributed by atoms with Crippen molar-refractivity contribution >= 4 is 11.9 Å². The third-order valence-electron chi connectivity index (χ3n) is 2.97. The van der Waals surface area contributed by atoms with Crippen LogP contribution in [0.4, 0.5) is 4.39 Å². The maximum absolute atomic E-state index is 14.0. The van der Waals surface area contributed by atoms with Crippen LogP contribution in [0.2, 0.25) is 0 Å². The fraction of sp³-hybridized carbons (Fsp3) is 0.429. The number of aliphatic carboxylic acids is 1. The highest BCUT2D eigenvalue weighted by Crippen LogP contribution is 2.30. The molecule has 0 bridgehead atoms. The smallest absolute Gasteiger partial charge is 0.305 e. The summed E-state index contributed by atoms with van der Waals surface area (Å²) in [5, 5.41) is 8.67. The number of carbonyl (C=O) groups is 2. The Bertz CT molecular complexity index is 532. The van der Waals surface area contributed by atoms with Crippen molar-refractivity contribution in [3.05, 3.63) is 23.5 Å². The van der Waals surface area contributed by atoms with Gasteiger partial charge in [0.25, 0.3) is 5.91 Å². The Balaban J connectivity index is 3.07. The minimum Gasteiger partial charge on any atom is -0.493 e. The van der Waals surface area contributed by atoms with Gasteiger partial charge in [-0.05, 0) is 13.0 Å². The second-order valence-electron chi connectivity index (χ2n) is 4.22. The number of nitrogens with zero attached hydrogens (tertiary/aromatic N) is 1. The number of rotatable bonds is 7. The van der Waals surface area contributed by atoms with Crippen molar-refractivity contribution in [3.8, 4) is 11.5 Å². The lowest BCUT2D eigenvalue weighted by molar-refractivity contribution is -0.137. The molecule has 0 aliphatic rings. The molecule has 116 valence electrons. The number of benzene rings is 1. The highest BCUT2D eigenvalue weighted by Gasteiger charge is 2.21. The van der Waals surface area contributed by atoms with Gasteiger partial charge in [0.1, 0.15) is 5.82 Å². The summed E-state index contributed by atoms with van der Waals surface area (Å²) in [6.07, 6.45) is -0.200. The Hall–Kier alpha value is -2.31. The summed E-state index contributed by atoms with van der Waals surface area (Å²) < 4.78 is 24.0. The number of methoxy groups -OCH3 is 2. The largest absolute Gasteiger partial charge is 0.493 e. The fourth-order valence-corrected chi connectivity index (χ4v) is 1.82. The molecule has 0 saturated carbocycles. The summed E-state index contributed by atoms with van der Waals surface area (Å²) >= 11 is 0. The zero-order valence-electron chi connectivity index (χ0n) is 12.2. The van der Waals surface area contributed by atoms with Gasteiger partial charge in [-0.2, -0.15) is 0 Å². The summed E-state index contributed by atoms with van der Waals surface area (Å²) in [4.78, 5) is 24.1. The van der Waals surface area contributed by atoms with Gasteiger partial charge in [-0.25, -0.2) is 4.39 Å². The molecule has 0 heterocycles. The Morgan fingerprint density at radius 1 is 1.24 bits per heavy atom. The molecule has 1 aromatic rings. The van der Waals surface area contributed by atoms with Gasteiger partial charge >= 0.3 is 5.97 Å². The van der Waals surface area contributed by atoms with Crippen LogP contribution in [-0.4, -0.2) is 49.2 Å². The average Bonchev–Trinajstić information content (AvgIpc) is 2.46. The maximum atomic E-state index is 14.0. The number of ether oxygens (including phenoxy) is 2. The quantitative estimate of drug-likeness (QED) is 0.830. The molecule has 0 aliphatic heterocycles. The van der Waals surface area contributed by atoms with E-state index in [1.807, 2.05) is 0 Å².